The fraction of sp³-hybridized carbons (Fsp3) is 0.316. The molecule has 0 spiro atoms. The second kappa shape index (κ2) is 6.57. The minimum absolute atomic E-state index is 0.214. The van der Waals surface area contributed by atoms with Gasteiger partial charge in [-0.15, -0.1) is 0 Å². The van der Waals surface area contributed by atoms with Crippen molar-refractivity contribution in [3.63, 3.8) is 0 Å². The minimum Gasteiger partial charge on any atom is -0.378 e. The zero-order chi connectivity index (χ0) is 15.4. The number of benzene rings is 2. The lowest BCUT2D eigenvalue weighted by Crippen LogP contribution is -2.17. The molecule has 0 saturated carbocycles. The highest BCUT2D eigenvalue weighted by Crippen LogP contribution is 2.16. The smallest absolute Gasteiger partial charge is 0.156 e. The number of nitrogens with one attached hydrogen (secondary N) is 1. The normalized spacial score (nSPS) is 10.5. The highest BCUT2D eigenvalue weighted by Gasteiger charge is 2.08. The first-order valence-electron chi connectivity index (χ1n) is 7.34. The third kappa shape index (κ3) is 4.19. The van der Waals surface area contributed by atoms with Crippen LogP contribution in [0.15, 0.2) is 36.4 Å². The van der Waals surface area contributed by atoms with Gasteiger partial charge >= 0.3 is 0 Å². The van der Waals surface area contributed by atoms with E-state index < -0.39 is 0 Å². The van der Waals surface area contributed by atoms with Crippen molar-refractivity contribution in [1.29, 1.82) is 0 Å². The van der Waals surface area contributed by atoms with Crippen LogP contribution in [0.3, 0.4) is 0 Å². The Morgan fingerprint density at radius 3 is 2.10 bits per heavy atom. The van der Waals surface area contributed by atoms with Crippen molar-refractivity contribution in [3.05, 3.63) is 64.2 Å². The Morgan fingerprint density at radius 2 is 1.52 bits per heavy atom. The quantitative estimate of drug-likeness (QED) is 0.892. The van der Waals surface area contributed by atoms with Crippen molar-refractivity contribution in [1.82, 2.24) is 0 Å². The van der Waals surface area contributed by atoms with E-state index in [9.17, 15) is 4.79 Å². The monoisotopic (exact) mass is 281 g/mol. The molecule has 2 aromatic carbocycles. The van der Waals surface area contributed by atoms with Gasteiger partial charge in [0.1, 0.15) is 0 Å². The lowest BCUT2D eigenvalue weighted by molar-refractivity contribution is -0.116. The van der Waals surface area contributed by atoms with Crippen LogP contribution in [0.5, 0.6) is 0 Å². The standard InChI is InChI=1S/C19H23NO/c1-13-8-14(2)10-17(9-13)20-12-18(21)11-19-15(3)6-5-7-16(19)4/h5-10,20H,11-12H2,1-4H3. The number of Topliss-reactive ketones (excluding diaryl/α,β-unsaturated/α-hetero) is 1. The van der Waals surface area contributed by atoms with Gasteiger partial charge in [0.05, 0.1) is 6.54 Å². The summed E-state index contributed by atoms with van der Waals surface area (Å²) in [6, 6.07) is 12.4. The van der Waals surface area contributed by atoms with Gasteiger partial charge in [0.2, 0.25) is 0 Å². The average molecular weight is 281 g/mol. The van der Waals surface area contributed by atoms with E-state index in [0.717, 1.165) is 11.3 Å². The van der Waals surface area contributed by atoms with E-state index in [4.69, 9.17) is 0 Å². The van der Waals surface area contributed by atoms with Crippen molar-refractivity contribution in [2.45, 2.75) is 34.1 Å². The van der Waals surface area contributed by atoms with Crippen molar-refractivity contribution in [3.8, 4) is 0 Å². The molecular weight excluding hydrogens is 258 g/mol. The largest absolute Gasteiger partial charge is 0.378 e. The molecule has 0 aromatic heterocycles. The molecule has 0 saturated heterocycles. The zero-order valence-electron chi connectivity index (χ0n) is 13.3. The summed E-state index contributed by atoms with van der Waals surface area (Å²) in [5, 5.41) is 3.24. The highest BCUT2D eigenvalue weighted by molar-refractivity contribution is 5.85. The van der Waals surface area contributed by atoms with Crippen LogP contribution in [-0.2, 0) is 11.2 Å². The maximum absolute atomic E-state index is 12.2. The van der Waals surface area contributed by atoms with Crippen LogP contribution in [0.2, 0.25) is 0 Å². The first-order chi connectivity index (χ1) is 9.95. The van der Waals surface area contributed by atoms with Gasteiger partial charge in [0.15, 0.2) is 5.78 Å². The van der Waals surface area contributed by atoms with Crippen LogP contribution >= 0.6 is 0 Å². The van der Waals surface area contributed by atoms with Gasteiger partial charge in [-0.25, -0.2) is 0 Å². The molecule has 0 aliphatic heterocycles. The number of carbonyl (C=O) groups is 1. The number of ketones is 1. The Hall–Kier alpha value is -2.09. The Balaban J connectivity index is 1.99. The third-order valence-corrected chi connectivity index (χ3v) is 3.73. The van der Waals surface area contributed by atoms with Crippen LogP contribution in [0, 0.1) is 27.7 Å². The predicted octanol–water partition coefficient (Wildman–Crippen LogP) is 4.14. The van der Waals surface area contributed by atoms with Crippen molar-refractivity contribution in [2.75, 3.05) is 11.9 Å². The molecule has 0 heterocycles. The van der Waals surface area contributed by atoms with E-state index in [2.05, 4.69) is 63.3 Å². The van der Waals surface area contributed by atoms with Gasteiger partial charge in [-0.05, 0) is 67.6 Å². The summed E-state index contributed by atoms with van der Waals surface area (Å²) >= 11 is 0. The molecule has 0 atom stereocenters. The first-order valence-corrected chi connectivity index (χ1v) is 7.34. The molecule has 0 aliphatic rings. The summed E-state index contributed by atoms with van der Waals surface area (Å²) in [5.41, 5.74) is 6.97. The van der Waals surface area contributed by atoms with Crippen molar-refractivity contribution in [2.24, 2.45) is 0 Å². The maximum atomic E-state index is 12.2. The molecule has 0 aliphatic carbocycles. The van der Waals surface area contributed by atoms with E-state index in [1.54, 1.807) is 0 Å². The van der Waals surface area contributed by atoms with Crippen LogP contribution in [-0.4, -0.2) is 12.3 Å². The van der Waals surface area contributed by atoms with Crippen LogP contribution < -0.4 is 5.32 Å². The van der Waals surface area contributed by atoms with E-state index in [1.807, 2.05) is 6.07 Å². The summed E-state index contributed by atoms with van der Waals surface area (Å²) in [6.07, 6.45) is 0.496. The topological polar surface area (TPSA) is 29.1 Å². The van der Waals surface area contributed by atoms with Gasteiger partial charge in [0, 0.05) is 12.1 Å². The van der Waals surface area contributed by atoms with Crippen LogP contribution in [0.4, 0.5) is 5.69 Å². The van der Waals surface area contributed by atoms with Gasteiger partial charge in [-0.1, -0.05) is 24.3 Å². The molecule has 0 amide bonds. The lowest BCUT2D eigenvalue weighted by Gasteiger charge is -2.11. The maximum Gasteiger partial charge on any atom is 0.156 e. The number of hydrogen-bond donors (Lipinski definition) is 1. The van der Waals surface area contributed by atoms with Crippen molar-refractivity contribution < 1.29 is 4.79 Å². The number of carbonyl (C=O) groups excluding carboxylic acids is 1. The predicted molar refractivity (Wildman–Crippen MR) is 89.0 cm³/mol. The van der Waals surface area contributed by atoms with Gasteiger partial charge in [-0.3, -0.25) is 4.79 Å². The SMILES string of the molecule is Cc1cc(C)cc(NCC(=O)Cc2c(C)cccc2C)c1. The summed E-state index contributed by atoms with van der Waals surface area (Å²) in [5.74, 6) is 0.214. The Labute approximate surface area is 127 Å². The molecule has 2 nitrogen and oxygen atoms in total. The Kier molecular flexibility index (Phi) is 4.79. The summed E-state index contributed by atoms with van der Waals surface area (Å²) in [7, 11) is 0. The second-order valence-electron chi connectivity index (χ2n) is 5.82. The molecule has 0 bridgehead atoms. The molecule has 0 radical (unpaired) electrons. The molecule has 21 heavy (non-hydrogen) atoms. The summed E-state index contributed by atoms with van der Waals surface area (Å²) < 4.78 is 0. The van der Waals surface area contributed by atoms with Gasteiger partial charge < -0.3 is 5.32 Å². The molecule has 0 unspecified atom stereocenters. The van der Waals surface area contributed by atoms with E-state index in [-0.39, 0.29) is 5.78 Å². The molecular formula is C19H23NO. The van der Waals surface area contributed by atoms with Crippen LogP contribution in [0.25, 0.3) is 0 Å². The average Bonchev–Trinajstić information content (AvgIpc) is 2.40. The number of rotatable bonds is 5. The molecule has 2 rings (SSSR count). The fourth-order valence-corrected chi connectivity index (χ4v) is 2.66. The first kappa shape index (κ1) is 15.3. The van der Waals surface area contributed by atoms with Crippen molar-refractivity contribution >= 4 is 11.5 Å². The Bertz CT molecular complexity index is 618. The molecule has 0 fully saturated rings. The Morgan fingerprint density at radius 1 is 0.952 bits per heavy atom. The minimum atomic E-state index is 0.214. The third-order valence-electron chi connectivity index (χ3n) is 3.73. The highest BCUT2D eigenvalue weighted by atomic mass is 16.1. The molecule has 2 aromatic rings. The number of hydrogen-bond acceptors (Lipinski definition) is 2. The van der Waals surface area contributed by atoms with E-state index >= 15 is 0 Å². The zero-order valence-corrected chi connectivity index (χ0v) is 13.3. The second-order valence-corrected chi connectivity index (χ2v) is 5.82. The summed E-state index contributed by atoms with van der Waals surface area (Å²) in [4.78, 5) is 12.2. The van der Waals surface area contributed by atoms with E-state index in [1.165, 1.54) is 22.3 Å². The van der Waals surface area contributed by atoms with E-state index in [0.29, 0.717) is 13.0 Å². The van der Waals surface area contributed by atoms with Gasteiger partial charge in [0.25, 0.3) is 0 Å². The fourth-order valence-electron chi connectivity index (χ4n) is 2.66. The molecule has 110 valence electrons. The number of anilines is 1. The molecule has 1 N–H and O–H groups in total. The lowest BCUT2D eigenvalue weighted by atomic mass is 9.98. The van der Waals surface area contributed by atoms with Gasteiger partial charge in [-0.2, -0.15) is 0 Å². The number of aryl methyl sites for hydroxylation is 4. The molecule has 2 heteroatoms. The summed E-state index contributed by atoms with van der Waals surface area (Å²) in [6.45, 7) is 8.63. The van der Waals surface area contributed by atoms with Crippen LogP contribution in [0.1, 0.15) is 27.8 Å².